The summed E-state index contributed by atoms with van der Waals surface area (Å²) in [7, 11) is 3.63. The average Bonchev–Trinajstić information content (AvgIpc) is 2.15. The van der Waals surface area contributed by atoms with Crippen LogP contribution in [0.4, 0.5) is 10.1 Å². The predicted molar refractivity (Wildman–Crippen MR) is 65.9 cm³/mol. The van der Waals surface area contributed by atoms with Gasteiger partial charge in [-0.1, -0.05) is 13.8 Å². The van der Waals surface area contributed by atoms with Crippen molar-refractivity contribution >= 4 is 11.7 Å². The zero-order chi connectivity index (χ0) is 13.2. The lowest BCUT2D eigenvalue weighted by atomic mass is 9.87. The summed E-state index contributed by atoms with van der Waals surface area (Å²) in [5, 5.41) is 9.25. The number of carboxylic acid groups (broad SMARTS) is 1. The number of benzene rings is 1. The Kier molecular flexibility index (Phi) is 4.10. The van der Waals surface area contributed by atoms with E-state index in [0.717, 1.165) is 5.69 Å². The molecule has 17 heavy (non-hydrogen) atoms. The molecule has 0 aliphatic heterocycles. The number of halogens is 1. The van der Waals surface area contributed by atoms with Crippen LogP contribution in [0.5, 0.6) is 0 Å². The van der Waals surface area contributed by atoms with Gasteiger partial charge in [0, 0.05) is 19.8 Å². The summed E-state index contributed by atoms with van der Waals surface area (Å²) in [5.74, 6) is -2.11. The van der Waals surface area contributed by atoms with Gasteiger partial charge in [-0.15, -0.1) is 0 Å². The summed E-state index contributed by atoms with van der Waals surface area (Å²) in [6.45, 7) is 3.65. The second-order valence-corrected chi connectivity index (χ2v) is 4.66. The number of carbonyl (C=O) groups is 1. The Morgan fingerprint density at radius 1 is 1.35 bits per heavy atom. The third kappa shape index (κ3) is 2.96. The van der Waals surface area contributed by atoms with Crippen molar-refractivity contribution in [3.05, 3.63) is 29.6 Å². The molecule has 0 amide bonds. The molecule has 1 unspecified atom stereocenters. The van der Waals surface area contributed by atoms with Gasteiger partial charge in [0.2, 0.25) is 0 Å². The van der Waals surface area contributed by atoms with Gasteiger partial charge in [0.25, 0.3) is 0 Å². The quantitative estimate of drug-likeness (QED) is 0.878. The van der Waals surface area contributed by atoms with E-state index >= 15 is 0 Å². The number of hydrogen-bond acceptors (Lipinski definition) is 2. The van der Waals surface area contributed by atoms with E-state index in [0.29, 0.717) is 5.56 Å². The van der Waals surface area contributed by atoms with E-state index in [1.807, 2.05) is 27.9 Å². The molecule has 1 atom stereocenters. The Bertz CT molecular complexity index is 416. The number of rotatable bonds is 4. The molecule has 3 nitrogen and oxygen atoms in total. The summed E-state index contributed by atoms with van der Waals surface area (Å²) in [6.07, 6.45) is 0. The lowest BCUT2D eigenvalue weighted by Crippen LogP contribution is -2.21. The number of carboxylic acids is 1. The highest BCUT2D eigenvalue weighted by molar-refractivity contribution is 5.79. The maximum Gasteiger partial charge on any atom is 0.311 e. The van der Waals surface area contributed by atoms with Crippen molar-refractivity contribution < 1.29 is 14.3 Å². The molecule has 0 fully saturated rings. The average molecular weight is 239 g/mol. The zero-order valence-corrected chi connectivity index (χ0v) is 10.6. The Morgan fingerprint density at radius 2 is 1.94 bits per heavy atom. The number of anilines is 1. The minimum Gasteiger partial charge on any atom is -0.481 e. The molecular formula is C13H18FNO2. The standard InChI is InChI=1S/C13H18FNO2/c1-8(2)12(13(16)17)10-7-9(14)5-6-11(10)15(3)4/h5-8,12H,1-4H3,(H,16,17). The first-order chi connectivity index (χ1) is 7.84. The van der Waals surface area contributed by atoms with E-state index in [2.05, 4.69) is 0 Å². The van der Waals surface area contributed by atoms with E-state index in [9.17, 15) is 14.3 Å². The van der Waals surface area contributed by atoms with Crippen LogP contribution in [0.2, 0.25) is 0 Å². The van der Waals surface area contributed by atoms with E-state index in [-0.39, 0.29) is 5.92 Å². The van der Waals surface area contributed by atoms with Crippen molar-refractivity contribution in [2.45, 2.75) is 19.8 Å². The molecule has 0 spiro atoms. The van der Waals surface area contributed by atoms with E-state index in [1.54, 1.807) is 11.0 Å². The van der Waals surface area contributed by atoms with E-state index in [4.69, 9.17) is 0 Å². The van der Waals surface area contributed by atoms with Crippen molar-refractivity contribution in [3.63, 3.8) is 0 Å². The highest BCUT2D eigenvalue weighted by Gasteiger charge is 2.27. The van der Waals surface area contributed by atoms with Gasteiger partial charge in [-0.25, -0.2) is 4.39 Å². The molecule has 1 aromatic rings. The first kappa shape index (κ1) is 13.5. The molecule has 1 aromatic carbocycles. The monoisotopic (exact) mass is 239 g/mol. The number of nitrogens with zero attached hydrogens (tertiary/aromatic N) is 1. The van der Waals surface area contributed by atoms with Crippen LogP contribution in [0.3, 0.4) is 0 Å². The molecule has 0 aromatic heterocycles. The topological polar surface area (TPSA) is 40.5 Å². The summed E-state index contributed by atoms with van der Waals surface area (Å²) < 4.78 is 13.3. The maximum atomic E-state index is 13.3. The molecule has 0 aliphatic rings. The molecule has 0 bridgehead atoms. The van der Waals surface area contributed by atoms with Gasteiger partial charge in [0.05, 0.1) is 5.92 Å². The fourth-order valence-corrected chi connectivity index (χ4v) is 1.96. The van der Waals surface area contributed by atoms with Crippen molar-refractivity contribution in [3.8, 4) is 0 Å². The molecule has 4 heteroatoms. The largest absolute Gasteiger partial charge is 0.481 e. The molecule has 0 aliphatic carbocycles. The van der Waals surface area contributed by atoms with Crippen LogP contribution < -0.4 is 4.90 Å². The van der Waals surface area contributed by atoms with Crippen LogP contribution in [0.1, 0.15) is 25.3 Å². The fraction of sp³-hybridized carbons (Fsp3) is 0.462. The molecule has 0 saturated carbocycles. The van der Waals surface area contributed by atoms with E-state index in [1.165, 1.54) is 12.1 Å². The maximum absolute atomic E-state index is 13.3. The molecule has 0 radical (unpaired) electrons. The molecular weight excluding hydrogens is 221 g/mol. The van der Waals surface area contributed by atoms with Gasteiger partial charge in [0.1, 0.15) is 5.82 Å². The van der Waals surface area contributed by atoms with Crippen LogP contribution in [0.15, 0.2) is 18.2 Å². The molecule has 0 heterocycles. The molecule has 0 saturated heterocycles. The molecule has 1 rings (SSSR count). The summed E-state index contributed by atoms with van der Waals surface area (Å²) in [4.78, 5) is 13.1. The van der Waals surface area contributed by atoms with Crippen molar-refractivity contribution in [1.29, 1.82) is 0 Å². The normalized spacial score (nSPS) is 12.6. The van der Waals surface area contributed by atoms with Gasteiger partial charge >= 0.3 is 5.97 Å². The Morgan fingerprint density at radius 3 is 2.35 bits per heavy atom. The van der Waals surface area contributed by atoms with Gasteiger partial charge < -0.3 is 10.0 Å². The summed E-state index contributed by atoms with van der Waals surface area (Å²) >= 11 is 0. The highest BCUT2D eigenvalue weighted by atomic mass is 19.1. The molecule has 94 valence electrons. The van der Waals surface area contributed by atoms with Crippen LogP contribution in [0.25, 0.3) is 0 Å². The second kappa shape index (κ2) is 5.17. The lowest BCUT2D eigenvalue weighted by molar-refractivity contribution is -0.139. The van der Waals surface area contributed by atoms with Gasteiger partial charge in [-0.3, -0.25) is 4.79 Å². The van der Waals surface area contributed by atoms with Gasteiger partial charge in [0.15, 0.2) is 0 Å². The number of aliphatic carboxylic acids is 1. The third-order valence-corrected chi connectivity index (χ3v) is 2.74. The van der Waals surface area contributed by atoms with Crippen LogP contribution in [0, 0.1) is 11.7 Å². The number of hydrogen-bond donors (Lipinski definition) is 1. The Labute approximate surface area is 101 Å². The molecule has 1 N–H and O–H groups in total. The summed E-state index contributed by atoms with van der Waals surface area (Å²) in [5.41, 5.74) is 1.27. The zero-order valence-electron chi connectivity index (χ0n) is 10.6. The highest BCUT2D eigenvalue weighted by Crippen LogP contribution is 2.32. The lowest BCUT2D eigenvalue weighted by Gasteiger charge is -2.24. The first-order valence-electron chi connectivity index (χ1n) is 5.54. The minimum atomic E-state index is -0.922. The van der Waals surface area contributed by atoms with Crippen molar-refractivity contribution in [2.24, 2.45) is 5.92 Å². The second-order valence-electron chi connectivity index (χ2n) is 4.66. The van der Waals surface area contributed by atoms with Crippen molar-refractivity contribution in [2.75, 3.05) is 19.0 Å². The SMILES string of the molecule is CC(C)C(C(=O)O)c1cc(F)ccc1N(C)C. The van der Waals surface area contributed by atoms with Gasteiger partial charge in [-0.2, -0.15) is 0 Å². The van der Waals surface area contributed by atoms with Crippen molar-refractivity contribution in [1.82, 2.24) is 0 Å². The van der Waals surface area contributed by atoms with Crippen LogP contribution in [-0.2, 0) is 4.79 Å². The van der Waals surface area contributed by atoms with E-state index < -0.39 is 17.7 Å². The van der Waals surface area contributed by atoms with Gasteiger partial charge in [-0.05, 0) is 29.7 Å². The van der Waals surface area contributed by atoms with Crippen LogP contribution >= 0.6 is 0 Å². The third-order valence-electron chi connectivity index (χ3n) is 2.74. The Balaban J connectivity index is 3.34. The minimum absolute atomic E-state index is 0.0898. The smallest absolute Gasteiger partial charge is 0.311 e. The van der Waals surface area contributed by atoms with Crippen LogP contribution in [-0.4, -0.2) is 25.2 Å². The fourth-order valence-electron chi connectivity index (χ4n) is 1.96. The summed E-state index contributed by atoms with van der Waals surface area (Å²) in [6, 6.07) is 4.27. The Hall–Kier alpha value is -1.58. The predicted octanol–water partition coefficient (Wildman–Crippen LogP) is 2.72. The first-order valence-corrected chi connectivity index (χ1v) is 5.54.